The number of pyridine rings is 1. The molecule has 2 aliphatic heterocycles. The highest BCUT2D eigenvalue weighted by Crippen LogP contribution is 2.41. The van der Waals surface area contributed by atoms with Crippen molar-refractivity contribution in [2.75, 3.05) is 29.9 Å². The number of nitriles is 2. The molecule has 11 nitrogen and oxygen atoms in total. The minimum atomic E-state index is -4.71. The zero-order chi connectivity index (χ0) is 32.8. The van der Waals surface area contributed by atoms with E-state index in [0.29, 0.717) is 52.5 Å². The number of hydrogen-bond acceptors (Lipinski definition) is 9. The summed E-state index contributed by atoms with van der Waals surface area (Å²) in [5.74, 6) is 0.259. The van der Waals surface area contributed by atoms with Gasteiger partial charge in [-0.15, -0.1) is 10.2 Å². The molecule has 0 unspecified atom stereocenters. The van der Waals surface area contributed by atoms with Crippen molar-refractivity contribution < 1.29 is 23.1 Å². The van der Waals surface area contributed by atoms with Crippen molar-refractivity contribution in [2.45, 2.75) is 38.2 Å². The van der Waals surface area contributed by atoms with Gasteiger partial charge in [-0.05, 0) is 71.6 Å². The molecule has 2 aromatic carbocycles. The number of likely N-dealkylation sites (tertiary alicyclic amines) is 1. The fraction of sp³-hybridized carbons (Fsp3) is 0.312. The van der Waals surface area contributed by atoms with Crippen LogP contribution < -0.4 is 10.2 Å². The second kappa shape index (κ2) is 11.6. The maximum absolute atomic E-state index is 14.4. The molecule has 1 amide bonds. The van der Waals surface area contributed by atoms with Gasteiger partial charge in [-0.3, -0.25) is 14.6 Å². The molecule has 2 aliphatic rings. The van der Waals surface area contributed by atoms with E-state index >= 15 is 0 Å². The number of halogens is 3. The predicted octanol–water partition coefficient (Wildman–Crippen LogP) is 4.49. The molecule has 0 radical (unpaired) electrons. The van der Waals surface area contributed by atoms with Crippen LogP contribution in [0.1, 0.15) is 46.0 Å². The molecule has 4 aromatic rings. The van der Waals surface area contributed by atoms with E-state index in [1.165, 1.54) is 17.3 Å². The molecular formula is C32H28F3N9O2. The lowest BCUT2D eigenvalue weighted by Gasteiger charge is -2.44. The number of β-amino-alcohol motifs (C(OH)–C–C–N with tert-alkyl or cyclic N) is 1. The molecule has 1 saturated heterocycles. The highest BCUT2D eigenvalue weighted by Gasteiger charge is 2.42. The van der Waals surface area contributed by atoms with E-state index in [1.54, 1.807) is 48.9 Å². The summed E-state index contributed by atoms with van der Waals surface area (Å²) in [6, 6.07) is 15.0. The summed E-state index contributed by atoms with van der Waals surface area (Å²) in [5.41, 5.74) is 0.393. The van der Waals surface area contributed by atoms with Gasteiger partial charge >= 0.3 is 6.18 Å². The largest absolute Gasteiger partial charge is 0.416 e. The van der Waals surface area contributed by atoms with Crippen LogP contribution in [0.5, 0.6) is 0 Å². The van der Waals surface area contributed by atoms with Crippen molar-refractivity contribution in [2.24, 2.45) is 7.05 Å². The predicted molar refractivity (Wildman–Crippen MR) is 161 cm³/mol. The van der Waals surface area contributed by atoms with Gasteiger partial charge in [-0.2, -0.15) is 23.7 Å². The Morgan fingerprint density at radius 3 is 2.52 bits per heavy atom. The molecule has 1 fully saturated rings. The molecule has 6 rings (SSSR count). The van der Waals surface area contributed by atoms with Crippen LogP contribution in [0, 0.1) is 22.7 Å². The van der Waals surface area contributed by atoms with Crippen molar-refractivity contribution >= 4 is 17.5 Å². The number of hydrogen-bond donors (Lipinski definition) is 2. The van der Waals surface area contributed by atoms with Crippen LogP contribution in [0.25, 0.3) is 22.5 Å². The molecule has 234 valence electrons. The second-order valence-corrected chi connectivity index (χ2v) is 11.8. The quantitative estimate of drug-likeness (QED) is 0.270. The highest BCUT2D eigenvalue weighted by molar-refractivity contribution is 6.10. The lowest BCUT2D eigenvalue weighted by Crippen LogP contribution is -2.59. The molecule has 0 bridgehead atoms. The number of aromatic nitrogens is 4. The van der Waals surface area contributed by atoms with E-state index in [1.807, 2.05) is 11.0 Å². The fourth-order valence-electron chi connectivity index (χ4n) is 6.01. The third-order valence-electron chi connectivity index (χ3n) is 7.98. The molecule has 2 aromatic heterocycles. The van der Waals surface area contributed by atoms with Gasteiger partial charge in [0.25, 0.3) is 5.91 Å². The molecule has 2 N–H and O–H groups in total. The first kappa shape index (κ1) is 30.7. The Kier molecular flexibility index (Phi) is 7.72. The van der Waals surface area contributed by atoms with Gasteiger partial charge in [-0.1, -0.05) is 0 Å². The maximum atomic E-state index is 14.4. The van der Waals surface area contributed by atoms with E-state index in [2.05, 4.69) is 26.6 Å². The van der Waals surface area contributed by atoms with Crippen LogP contribution in [0.3, 0.4) is 0 Å². The number of nitrogens with zero attached hydrogens (tertiary/aromatic N) is 8. The van der Waals surface area contributed by atoms with Gasteiger partial charge in [0.05, 0.1) is 41.8 Å². The first-order valence-electron chi connectivity index (χ1n) is 14.4. The van der Waals surface area contributed by atoms with E-state index < -0.39 is 23.2 Å². The molecular weight excluding hydrogens is 599 g/mol. The zero-order valence-electron chi connectivity index (χ0n) is 24.9. The maximum Gasteiger partial charge on any atom is 0.416 e. The van der Waals surface area contributed by atoms with E-state index in [-0.39, 0.29) is 43.0 Å². The first-order chi connectivity index (χ1) is 21.9. The number of rotatable bonds is 8. The molecule has 14 heteroatoms. The smallest absolute Gasteiger partial charge is 0.388 e. The topological polar surface area (TPSA) is 147 Å². The Bertz CT molecular complexity index is 1930. The summed E-state index contributed by atoms with van der Waals surface area (Å²) in [5, 5.41) is 40.0. The minimum absolute atomic E-state index is 0.0606. The second-order valence-electron chi connectivity index (χ2n) is 11.8. The molecule has 0 atom stereocenters. The summed E-state index contributed by atoms with van der Waals surface area (Å²) in [6.45, 7) is 2.32. The SMILES string of the molecule is Cn1cnnc1-c1ccc(C#N)cc1-c1cc(NCCC#N)nc(N2Cc3c(cc(CN4CC(C)(O)C4)cc3C(F)(F)F)C2=O)c1. The number of alkyl halides is 3. The number of anilines is 2. The van der Waals surface area contributed by atoms with Gasteiger partial charge in [0.2, 0.25) is 0 Å². The van der Waals surface area contributed by atoms with Crippen molar-refractivity contribution in [3.63, 3.8) is 0 Å². The number of carbonyl (C=O) groups is 1. The molecule has 0 aliphatic carbocycles. The Morgan fingerprint density at radius 1 is 1.09 bits per heavy atom. The summed E-state index contributed by atoms with van der Waals surface area (Å²) >= 11 is 0. The first-order valence-corrected chi connectivity index (χ1v) is 14.4. The molecule has 0 saturated carbocycles. The van der Waals surface area contributed by atoms with Crippen molar-refractivity contribution in [3.8, 4) is 34.7 Å². The van der Waals surface area contributed by atoms with Crippen LogP contribution in [-0.4, -0.2) is 60.9 Å². The standard InChI is InChI=1S/C32H28F3N9O2/c1-31(46)16-43(17-31)14-20-9-24-25(26(10-20)32(33,34)35)15-44(30(24)45)28-12-21(11-27(40-28)38-7-3-6-36)23-8-19(13-37)4-5-22(23)29-41-39-18-42(29)2/h4-5,8-12,18,46H,3,7,14-17H2,1-2H3,(H,38,40). The summed E-state index contributed by atoms with van der Waals surface area (Å²) < 4.78 is 44.8. The van der Waals surface area contributed by atoms with Crippen LogP contribution in [0.2, 0.25) is 0 Å². The Morgan fingerprint density at radius 2 is 1.87 bits per heavy atom. The number of amides is 1. The average Bonchev–Trinajstić information content (AvgIpc) is 3.57. The summed E-state index contributed by atoms with van der Waals surface area (Å²) in [4.78, 5) is 21.4. The lowest BCUT2D eigenvalue weighted by atomic mass is 9.94. The molecule has 4 heterocycles. The van der Waals surface area contributed by atoms with E-state index in [9.17, 15) is 28.3 Å². The monoisotopic (exact) mass is 627 g/mol. The zero-order valence-corrected chi connectivity index (χ0v) is 24.9. The van der Waals surface area contributed by atoms with E-state index in [0.717, 1.165) is 6.07 Å². The van der Waals surface area contributed by atoms with Gasteiger partial charge in [0, 0.05) is 44.4 Å². The van der Waals surface area contributed by atoms with Gasteiger partial charge < -0.3 is 15.0 Å². The third kappa shape index (κ3) is 5.88. The Hall–Kier alpha value is -5.31. The molecule has 0 spiro atoms. The average molecular weight is 628 g/mol. The van der Waals surface area contributed by atoms with Gasteiger partial charge in [-0.25, -0.2) is 4.98 Å². The Balaban J connectivity index is 1.44. The summed E-state index contributed by atoms with van der Waals surface area (Å²) in [7, 11) is 1.77. The van der Waals surface area contributed by atoms with Crippen LogP contribution in [0.15, 0.2) is 48.8 Å². The minimum Gasteiger partial charge on any atom is -0.388 e. The van der Waals surface area contributed by atoms with Gasteiger partial charge in [0.15, 0.2) is 5.82 Å². The fourth-order valence-corrected chi connectivity index (χ4v) is 6.01. The van der Waals surface area contributed by atoms with Crippen molar-refractivity contribution in [1.29, 1.82) is 10.5 Å². The number of nitrogens with one attached hydrogen (secondary N) is 1. The third-order valence-corrected chi connectivity index (χ3v) is 7.98. The summed E-state index contributed by atoms with van der Waals surface area (Å²) in [6.07, 6.45) is -3.02. The van der Waals surface area contributed by atoms with Crippen molar-refractivity contribution in [3.05, 3.63) is 76.6 Å². The number of aryl methyl sites for hydroxylation is 1. The van der Waals surface area contributed by atoms with Crippen LogP contribution >= 0.6 is 0 Å². The molecule has 46 heavy (non-hydrogen) atoms. The number of carbonyl (C=O) groups excluding carboxylic acids is 1. The van der Waals surface area contributed by atoms with Crippen LogP contribution in [-0.2, 0) is 26.3 Å². The number of aliphatic hydroxyl groups is 1. The van der Waals surface area contributed by atoms with E-state index in [4.69, 9.17) is 5.26 Å². The highest BCUT2D eigenvalue weighted by atomic mass is 19.4. The van der Waals surface area contributed by atoms with Gasteiger partial charge in [0.1, 0.15) is 18.0 Å². The normalized spacial score (nSPS) is 15.7. The lowest BCUT2D eigenvalue weighted by molar-refractivity contribution is -0.138. The van der Waals surface area contributed by atoms with Crippen LogP contribution in [0.4, 0.5) is 24.8 Å². The number of benzene rings is 2. The van der Waals surface area contributed by atoms with Crippen molar-refractivity contribution in [1.82, 2.24) is 24.6 Å². The number of fused-ring (bicyclic) bond motifs is 1. The Labute approximate surface area is 262 Å².